The highest BCUT2D eigenvalue weighted by molar-refractivity contribution is 7.92. The smallest absolute Gasteiger partial charge is 0.407 e. The lowest BCUT2D eigenvalue weighted by Gasteiger charge is -2.27. The highest BCUT2D eigenvalue weighted by Gasteiger charge is 2.38. The van der Waals surface area contributed by atoms with Crippen molar-refractivity contribution >= 4 is 55.4 Å². The Morgan fingerprint density at radius 1 is 0.753 bits per heavy atom. The largest absolute Gasteiger partial charge is 0.497 e. The number of hydrogen-bond acceptors (Lipinski definition) is 18. The van der Waals surface area contributed by atoms with Crippen LogP contribution in [0.1, 0.15) is 58.9 Å². The molecule has 0 aromatic heterocycles. The molecule has 1 aliphatic heterocycles. The number of aliphatic hydroxyl groups excluding tert-OH is 1. The lowest BCUT2D eigenvalue weighted by molar-refractivity contribution is 0.0528. The first-order chi connectivity index (χ1) is 38.7. The summed E-state index contributed by atoms with van der Waals surface area (Å²) in [5.41, 5.74) is 10.7. The number of benzene rings is 6. The van der Waals surface area contributed by atoms with Gasteiger partial charge in [0.15, 0.2) is 5.84 Å². The van der Waals surface area contributed by atoms with Crippen LogP contribution < -0.4 is 46.0 Å². The van der Waals surface area contributed by atoms with Crippen LogP contribution >= 0.6 is 0 Å². The number of aliphatic hydroxyl groups is 1. The van der Waals surface area contributed by atoms with Crippen LogP contribution in [0.2, 0.25) is 0 Å². The van der Waals surface area contributed by atoms with Crippen molar-refractivity contribution in [1.82, 2.24) is 30.4 Å². The monoisotopic (exact) mass is 1150 g/mol. The van der Waals surface area contributed by atoms with Crippen LogP contribution in [0.25, 0.3) is 11.1 Å². The van der Waals surface area contributed by atoms with Crippen LogP contribution in [0.15, 0.2) is 153 Å². The number of methoxy groups -OCH3 is 3. The fourth-order valence-corrected chi connectivity index (χ4v) is 11.7. The van der Waals surface area contributed by atoms with Crippen molar-refractivity contribution in [3.8, 4) is 28.4 Å². The van der Waals surface area contributed by atoms with E-state index in [1.807, 2.05) is 6.07 Å². The van der Waals surface area contributed by atoms with Gasteiger partial charge in [-0.15, -0.1) is 5.11 Å². The molecule has 1 atom stereocenters. The van der Waals surface area contributed by atoms with E-state index >= 15 is 16.8 Å². The average Bonchev–Trinajstić information content (AvgIpc) is 3.74. The molecule has 2 bridgehead atoms. The van der Waals surface area contributed by atoms with Gasteiger partial charge in [-0.3, -0.25) is 10.2 Å². The van der Waals surface area contributed by atoms with Crippen LogP contribution in [0.4, 0.5) is 21.0 Å². The van der Waals surface area contributed by atoms with Crippen molar-refractivity contribution in [2.45, 2.75) is 68.4 Å². The van der Waals surface area contributed by atoms with Gasteiger partial charge in [0.1, 0.15) is 44.9 Å². The molecule has 0 aliphatic carbocycles. The van der Waals surface area contributed by atoms with Crippen LogP contribution in [0.5, 0.6) is 17.2 Å². The minimum Gasteiger partial charge on any atom is -0.497 e. The molecule has 25 heteroatoms. The number of alkyl carbamates (subject to hydrolysis) is 2. The molecule has 3 amide bonds. The van der Waals surface area contributed by atoms with Crippen LogP contribution in [0, 0.1) is 0 Å². The van der Waals surface area contributed by atoms with Gasteiger partial charge in [-0.1, -0.05) is 84.1 Å². The van der Waals surface area contributed by atoms with Crippen molar-refractivity contribution in [3.63, 3.8) is 0 Å². The molecule has 0 saturated heterocycles. The highest BCUT2D eigenvalue weighted by atomic mass is 32.2. The number of aliphatic imine (C=N–C) groups is 1. The molecular weight excluding hydrogens is 1080 g/mol. The maximum atomic E-state index is 16.4. The molecule has 428 valence electrons. The van der Waals surface area contributed by atoms with Gasteiger partial charge >= 0.3 is 12.2 Å². The normalized spacial score (nSPS) is 13.9. The van der Waals surface area contributed by atoms with E-state index in [1.54, 1.807) is 112 Å². The first kappa shape index (κ1) is 60.0. The predicted molar refractivity (Wildman–Crippen MR) is 302 cm³/mol. The summed E-state index contributed by atoms with van der Waals surface area (Å²) in [5.74, 6) is 0.0270. The van der Waals surface area contributed by atoms with Gasteiger partial charge < -0.3 is 50.5 Å². The van der Waals surface area contributed by atoms with Crippen LogP contribution in [-0.4, -0.2) is 109 Å². The van der Waals surface area contributed by atoms with Crippen molar-refractivity contribution in [2.75, 3.05) is 53.3 Å². The predicted octanol–water partition coefficient (Wildman–Crippen LogP) is 6.72. The number of amides is 3. The summed E-state index contributed by atoms with van der Waals surface area (Å²) in [7, 11) is -5.73. The lowest BCUT2D eigenvalue weighted by Crippen LogP contribution is -2.46. The minimum atomic E-state index is -5.18. The zero-order chi connectivity index (χ0) is 58.3. The number of carbonyl (C=O) groups is 3. The Balaban J connectivity index is 1.42. The minimum absolute atomic E-state index is 0.0252. The number of nitrogens with zero attached hydrogens (tertiary/aromatic N) is 4. The van der Waals surface area contributed by atoms with Gasteiger partial charge in [0.25, 0.3) is 5.91 Å². The third-order valence-corrected chi connectivity index (χ3v) is 15.7. The molecule has 23 nitrogen and oxygen atoms in total. The lowest BCUT2D eigenvalue weighted by atomic mass is 9.95. The molecule has 0 radical (unpaired) electrons. The van der Waals surface area contributed by atoms with E-state index in [-0.39, 0.29) is 73.1 Å². The maximum absolute atomic E-state index is 16.4. The first-order valence-corrected chi connectivity index (χ1v) is 28.2. The van der Waals surface area contributed by atoms with Gasteiger partial charge in [-0.05, 0) is 97.1 Å². The molecule has 0 unspecified atom stereocenters. The van der Waals surface area contributed by atoms with Crippen molar-refractivity contribution in [1.29, 1.82) is 0 Å². The summed E-state index contributed by atoms with van der Waals surface area (Å²) < 4.78 is 93.6. The Kier molecular flexibility index (Phi) is 20.0. The number of rotatable bonds is 23. The third kappa shape index (κ3) is 15.8. The fourth-order valence-electron chi connectivity index (χ4n) is 8.23. The molecule has 6 aromatic rings. The molecule has 8 N–H and O–H groups in total. The molecule has 0 saturated carbocycles. The summed E-state index contributed by atoms with van der Waals surface area (Å²) >= 11 is 0. The van der Waals surface area contributed by atoms with E-state index in [2.05, 4.69) is 36.4 Å². The van der Waals surface area contributed by atoms with E-state index in [9.17, 15) is 19.5 Å². The average molecular weight is 1150 g/mol. The molecule has 6 aromatic carbocycles. The zero-order valence-electron chi connectivity index (χ0n) is 45.4. The van der Waals surface area contributed by atoms with E-state index in [0.29, 0.717) is 28.2 Å². The van der Waals surface area contributed by atoms with Gasteiger partial charge in [-0.25, -0.2) is 36.1 Å². The molecule has 81 heavy (non-hydrogen) atoms. The number of fused-ring (bicyclic) bond motifs is 2. The van der Waals surface area contributed by atoms with Gasteiger partial charge in [0, 0.05) is 38.3 Å². The Morgan fingerprint density at radius 2 is 1.42 bits per heavy atom. The molecule has 0 fully saturated rings. The molecule has 7 rings (SSSR count). The van der Waals surface area contributed by atoms with Crippen molar-refractivity contribution in [2.24, 2.45) is 15.3 Å². The Morgan fingerprint density at radius 3 is 2.04 bits per heavy atom. The molecular formula is C56H64N10O13S2. The summed E-state index contributed by atoms with van der Waals surface area (Å²) in [6.45, 7) is 2.85. The number of carbonyl (C=O) groups excluding carboxylic acids is 3. The standard InChI is InChI=1S/C56H64N10O13S2/c1-56(2,3)79-54(69)58-27-28-61-80(71,72)48-26-24-43(44-13-10-14-45(50(44)57)53(68)59-31-40(34-67)62-55(70)78-35-38-11-8-7-9-12-38)49(52-63-46-29-39(30-60-65-64-52)19-25-47(46)77-6)51(48)81(73,74)66(32-36-15-20-41(75-4)21-16-36)33-37-17-22-42(76-5)23-18-37/h7-26,29,40,61,67H,27-28,30-35,57H2,1-6H3,(H,58,69)(H,59,68)(H,62,70)(H,60,63,64)/t40-/m1/s1. The second-order valence-electron chi connectivity index (χ2n) is 19.1. The molecule has 0 spiro atoms. The number of nitrogen functional groups attached to an aromatic ring is 1. The first-order valence-electron chi connectivity index (χ1n) is 25.3. The summed E-state index contributed by atoms with van der Waals surface area (Å²) in [6.07, 6.45) is -1.67. The quantitative estimate of drug-likeness (QED) is 0.0259. The number of hydrogen-bond donors (Lipinski definition) is 7. The number of sulfonamides is 2. The summed E-state index contributed by atoms with van der Waals surface area (Å²) in [6, 6.07) is 33.0. The Hall–Kier alpha value is -8.62. The van der Waals surface area contributed by atoms with Gasteiger partial charge in [-0.2, -0.15) is 4.31 Å². The Bertz CT molecular complexity index is 3440. The zero-order valence-corrected chi connectivity index (χ0v) is 47.0. The number of ether oxygens (including phenoxy) is 5. The molecule has 1 aliphatic rings. The van der Waals surface area contributed by atoms with Gasteiger partial charge in [0.2, 0.25) is 20.0 Å². The second-order valence-corrected chi connectivity index (χ2v) is 22.8. The summed E-state index contributed by atoms with van der Waals surface area (Å²) in [5, 5.41) is 26.5. The van der Waals surface area contributed by atoms with Crippen LogP contribution in [0.3, 0.4) is 0 Å². The maximum Gasteiger partial charge on any atom is 0.407 e. The number of nitrogens with two attached hydrogens (primary N) is 1. The van der Waals surface area contributed by atoms with E-state index in [0.717, 1.165) is 15.9 Å². The molecule has 1 heterocycles. The van der Waals surface area contributed by atoms with E-state index in [4.69, 9.17) is 34.4 Å². The van der Waals surface area contributed by atoms with E-state index in [1.165, 1.54) is 45.6 Å². The fraction of sp³-hybridized carbons (Fsp3) is 0.286. The Labute approximate surface area is 470 Å². The van der Waals surface area contributed by atoms with E-state index < -0.39 is 84.1 Å². The highest BCUT2D eigenvalue weighted by Crippen LogP contribution is 2.41. The number of nitrogens with one attached hydrogen (secondary N) is 5. The number of para-hydroxylation sites is 1. The van der Waals surface area contributed by atoms with Crippen molar-refractivity contribution < 1.29 is 60.0 Å². The topological polar surface area (TPSA) is 312 Å². The van der Waals surface area contributed by atoms with Gasteiger partial charge in [0.05, 0.1) is 57.3 Å². The summed E-state index contributed by atoms with van der Waals surface area (Å²) in [4.78, 5) is 42.8. The second kappa shape index (κ2) is 27.0. The number of amidine groups is 1. The SMILES string of the molecule is COc1ccc(CN(Cc2ccc(OC)cc2)S(=O)(=O)c2c(S(=O)(=O)NCCNC(=O)OC(C)(C)C)ccc(-c3cccc(C(=O)NC[C@H](CO)NC(=O)OCc4ccccc4)c3N)c2C2=N/c3cc(ccc3OC)CN/N=N\2)cc1. The number of anilines is 1. The van der Waals surface area contributed by atoms with Crippen molar-refractivity contribution in [3.05, 3.63) is 161 Å². The van der Waals surface area contributed by atoms with Crippen LogP contribution in [-0.2, 0) is 55.8 Å². The third-order valence-electron chi connectivity index (χ3n) is 12.2.